The molecule has 1 aliphatic heterocycles. The fourth-order valence-corrected chi connectivity index (χ4v) is 4.52. The van der Waals surface area contributed by atoms with Gasteiger partial charge in [0.2, 0.25) is 0 Å². The summed E-state index contributed by atoms with van der Waals surface area (Å²) in [4.78, 5) is 37.3. The second-order valence-electron chi connectivity index (χ2n) is 9.49. The predicted molar refractivity (Wildman–Crippen MR) is 128 cm³/mol. The number of hydrogen-bond donors (Lipinski definition) is 0. The van der Waals surface area contributed by atoms with Crippen molar-refractivity contribution in [3.8, 4) is 11.5 Å². The first-order chi connectivity index (χ1) is 15.7. The number of ether oxygens (including phenoxy) is 2. The van der Waals surface area contributed by atoms with Gasteiger partial charge in [-0.3, -0.25) is 4.79 Å². The van der Waals surface area contributed by atoms with Crippen LogP contribution in [0.4, 0.5) is 0 Å². The van der Waals surface area contributed by atoms with E-state index in [0.29, 0.717) is 35.5 Å². The second kappa shape index (κ2) is 10.3. The van der Waals surface area contributed by atoms with Crippen LogP contribution in [0.1, 0.15) is 74.4 Å². The number of fused-ring (bicyclic) bond motifs is 1. The smallest absolute Gasteiger partial charge is 0.184 e. The van der Waals surface area contributed by atoms with Gasteiger partial charge in [0, 0.05) is 12.5 Å². The zero-order valence-electron chi connectivity index (χ0n) is 20.1. The van der Waals surface area contributed by atoms with Crippen LogP contribution >= 0.6 is 0 Å². The van der Waals surface area contributed by atoms with Gasteiger partial charge in [-0.1, -0.05) is 30.3 Å². The first-order valence-electron chi connectivity index (χ1n) is 11.7. The molecule has 0 radical (unpaired) electrons. The van der Waals surface area contributed by atoms with Gasteiger partial charge in [-0.15, -0.1) is 0 Å². The molecule has 0 N–H and O–H groups in total. The zero-order valence-corrected chi connectivity index (χ0v) is 20.1. The Morgan fingerprint density at radius 3 is 2.48 bits per heavy atom. The zero-order chi connectivity index (χ0) is 24.1. The third-order valence-corrected chi connectivity index (χ3v) is 6.64. The molecule has 0 aromatic heterocycles. The molecule has 1 heterocycles. The number of hydrogen-bond acceptors (Lipinski definition) is 5. The summed E-state index contributed by atoms with van der Waals surface area (Å²) in [6.07, 6.45) is 5.13. The quantitative estimate of drug-likeness (QED) is 0.250. The number of aldehydes is 1. The summed E-state index contributed by atoms with van der Waals surface area (Å²) < 4.78 is 12.2. The average molecular weight is 451 g/mol. The van der Waals surface area contributed by atoms with E-state index in [-0.39, 0.29) is 24.4 Å². The number of Topliss-reactive ketones (excluding diaryl/α,β-unsaturated/α-hetero) is 2. The van der Waals surface area contributed by atoms with Gasteiger partial charge in [0.05, 0.1) is 12.2 Å². The lowest BCUT2D eigenvalue weighted by molar-refractivity contribution is -0.126. The number of ketones is 2. The van der Waals surface area contributed by atoms with Crippen molar-refractivity contribution in [2.24, 2.45) is 5.41 Å². The number of unbranched alkanes of at least 4 members (excludes halogenated alkanes) is 2. The molecule has 0 spiro atoms. The van der Waals surface area contributed by atoms with Crippen molar-refractivity contribution in [2.75, 3.05) is 6.61 Å². The van der Waals surface area contributed by atoms with Crippen molar-refractivity contribution < 1.29 is 23.9 Å². The molecule has 2 aromatic carbocycles. The van der Waals surface area contributed by atoms with E-state index in [0.717, 1.165) is 25.7 Å². The molecule has 176 valence electrons. The predicted octanol–water partition coefficient (Wildman–Crippen LogP) is 5.70. The van der Waals surface area contributed by atoms with E-state index in [1.807, 2.05) is 19.1 Å². The number of benzene rings is 2. The molecular weight excluding hydrogens is 416 g/mol. The first kappa shape index (κ1) is 24.7. The molecule has 1 aliphatic rings. The molecule has 0 amide bonds. The molecule has 2 aromatic rings. The van der Waals surface area contributed by atoms with Crippen molar-refractivity contribution in [2.45, 2.75) is 71.8 Å². The van der Waals surface area contributed by atoms with E-state index in [1.54, 1.807) is 19.9 Å². The van der Waals surface area contributed by atoms with Crippen molar-refractivity contribution in [3.05, 3.63) is 59.2 Å². The highest BCUT2D eigenvalue weighted by atomic mass is 16.5. The van der Waals surface area contributed by atoms with E-state index in [4.69, 9.17) is 9.47 Å². The molecule has 0 aliphatic carbocycles. The number of rotatable bonds is 11. The molecular formula is C28H34O5. The van der Waals surface area contributed by atoms with Gasteiger partial charge in [-0.2, -0.15) is 0 Å². The summed E-state index contributed by atoms with van der Waals surface area (Å²) in [6.45, 7) is 7.34. The molecule has 0 saturated heterocycles. The minimum Gasteiger partial charge on any atom is -0.493 e. The van der Waals surface area contributed by atoms with Crippen LogP contribution in [0.25, 0.3) is 0 Å². The second-order valence-corrected chi connectivity index (χ2v) is 9.49. The number of carbonyl (C=O) groups excluding carboxylic acids is 3. The van der Waals surface area contributed by atoms with Crippen LogP contribution in [0.2, 0.25) is 0 Å². The molecule has 5 nitrogen and oxygen atoms in total. The van der Waals surface area contributed by atoms with E-state index in [1.165, 1.54) is 12.5 Å². The normalized spacial score (nSPS) is 18.8. The van der Waals surface area contributed by atoms with Gasteiger partial charge in [-0.25, -0.2) is 0 Å². The molecule has 1 atom stereocenters. The first-order valence-corrected chi connectivity index (χ1v) is 11.7. The van der Waals surface area contributed by atoms with Crippen LogP contribution < -0.4 is 9.47 Å². The summed E-state index contributed by atoms with van der Waals surface area (Å²) in [5.74, 6) is 0.745. The fraction of sp³-hybridized carbons (Fsp3) is 0.464. The van der Waals surface area contributed by atoms with Crippen LogP contribution in [-0.4, -0.2) is 30.1 Å². The van der Waals surface area contributed by atoms with Crippen molar-refractivity contribution in [3.63, 3.8) is 0 Å². The van der Waals surface area contributed by atoms with E-state index >= 15 is 0 Å². The standard InChI is InChI=1S/C28H34O5/c1-20-17-23(32-16-10-6-9-13-22-11-7-5-8-12-22)18-24-25(20)26(31)28(19-29,15-14-21(2)30)27(3,4)33-24/h5,7-8,11-12,17-19H,6,9-10,13-16H2,1-4H3. The highest BCUT2D eigenvalue weighted by Crippen LogP contribution is 2.48. The van der Waals surface area contributed by atoms with Crippen LogP contribution in [0.15, 0.2) is 42.5 Å². The molecule has 1 unspecified atom stereocenters. The summed E-state index contributed by atoms with van der Waals surface area (Å²) >= 11 is 0. The summed E-state index contributed by atoms with van der Waals surface area (Å²) in [6, 6.07) is 14.0. The molecule has 0 saturated carbocycles. The Kier molecular flexibility index (Phi) is 7.72. The Balaban J connectivity index is 1.66. The highest BCUT2D eigenvalue weighted by Gasteiger charge is 2.57. The van der Waals surface area contributed by atoms with Crippen LogP contribution in [0, 0.1) is 12.3 Å². The minimum atomic E-state index is -1.39. The minimum absolute atomic E-state index is 0.0603. The van der Waals surface area contributed by atoms with E-state index in [2.05, 4.69) is 24.3 Å². The molecule has 33 heavy (non-hydrogen) atoms. The van der Waals surface area contributed by atoms with Crippen molar-refractivity contribution >= 4 is 17.9 Å². The topological polar surface area (TPSA) is 69.7 Å². The SMILES string of the molecule is CC(=O)CCC1(C=O)C(=O)c2c(C)cc(OCCCCCc3ccccc3)cc2OC1(C)C. The van der Waals surface area contributed by atoms with Crippen molar-refractivity contribution in [1.82, 2.24) is 0 Å². The molecule has 0 fully saturated rings. The van der Waals surface area contributed by atoms with Gasteiger partial charge in [-0.05, 0) is 77.0 Å². The molecule has 0 bridgehead atoms. The van der Waals surface area contributed by atoms with E-state index in [9.17, 15) is 14.4 Å². The van der Waals surface area contributed by atoms with Gasteiger partial charge >= 0.3 is 0 Å². The lowest BCUT2D eigenvalue weighted by atomic mass is 9.64. The number of carbonyl (C=O) groups is 3. The van der Waals surface area contributed by atoms with Gasteiger partial charge in [0.1, 0.15) is 34.6 Å². The Morgan fingerprint density at radius 1 is 1.09 bits per heavy atom. The van der Waals surface area contributed by atoms with Gasteiger partial charge < -0.3 is 19.1 Å². The lowest BCUT2D eigenvalue weighted by Crippen LogP contribution is -2.57. The van der Waals surface area contributed by atoms with Crippen molar-refractivity contribution in [1.29, 1.82) is 0 Å². The Hall–Kier alpha value is -2.95. The van der Waals surface area contributed by atoms with Crippen LogP contribution in [-0.2, 0) is 16.0 Å². The number of aryl methyl sites for hydroxylation is 2. The summed E-state index contributed by atoms with van der Waals surface area (Å²) in [7, 11) is 0. The molecule has 3 rings (SSSR count). The third kappa shape index (κ3) is 5.35. The lowest BCUT2D eigenvalue weighted by Gasteiger charge is -2.46. The van der Waals surface area contributed by atoms with E-state index < -0.39 is 11.0 Å². The Labute approximate surface area is 196 Å². The highest BCUT2D eigenvalue weighted by molar-refractivity contribution is 6.13. The maximum atomic E-state index is 13.5. The summed E-state index contributed by atoms with van der Waals surface area (Å²) in [5, 5.41) is 0. The van der Waals surface area contributed by atoms with Crippen LogP contribution in [0.3, 0.4) is 0 Å². The Morgan fingerprint density at radius 2 is 1.82 bits per heavy atom. The average Bonchev–Trinajstić information content (AvgIpc) is 2.76. The third-order valence-electron chi connectivity index (χ3n) is 6.64. The molecule has 5 heteroatoms. The van der Waals surface area contributed by atoms with Crippen LogP contribution in [0.5, 0.6) is 11.5 Å². The van der Waals surface area contributed by atoms with Gasteiger partial charge in [0.25, 0.3) is 0 Å². The maximum Gasteiger partial charge on any atom is 0.184 e. The fourth-order valence-electron chi connectivity index (χ4n) is 4.52. The largest absolute Gasteiger partial charge is 0.493 e. The van der Waals surface area contributed by atoms with Gasteiger partial charge in [0.15, 0.2) is 5.78 Å². The monoisotopic (exact) mass is 450 g/mol. The Bertz CT molecular complexity index is 1010. The summed E-state index contributed by atoms with van der Waals surface area (Å²) in [5.41, 5.74) is -0.00174. The maximum absolute atomic E-state index is 13.5.